The van der Waals surface area contributed by atoms with Crippen molar-refractivity contribution in [2.45, 2.75) is 77.3 Å². The molecule has 1 saturated carbocycles. The van der Waals surface area contributed by atoms with Crippen molar-refractivity contribution in [3.8, 4) is 0 Å². The van der Waals surface area contributed by atoms with Gasteiger partial charge in [0.05, 0.1) is 0 Å². The van der Waals surface area contributed by atoms with Crippen molar-refractivity contribution < 1.29 is 24.0 Å². The van der Waals surface area contributed by atoms with Crippen LogP contribution in [-0.4, -0.2) is 30.6 Å². The van der Waals surface area contributed by atoms with Gasteiger partial charge in [0, 0.05) is 24.9 Å². The van der Waals surface area contributed by atoms with Gasteiger partial charge < -0.3 is 14.2 Å². The molecule has 4 saturated heterocycles. The molecule has 1 spiro atoms. The number of ether oxygens (including phenoxy) is 3. The molecule has 5 fully saturated rings. The van der Waals surface area contributed by atoms with E-state index in [-0.39, 0.29) is 18.5 Å². The lowest BCUT2D eigenvalue weighted by Gasteiger charge is -2.60. The highest BCUT2D eigenvalue weighted by Gasteiger charge is 2.69. The molecule has 0 radical (unpaired) electrons. The molecule has 0 aromatic rings. The highest BCUT2D eigenvalue weighted by Crippen LogP contribution is 2.60. The third-order valence-corrected chi connectivity index (χ3v) is 6.43. The topological polar surface area (TPSA) is 46.2 Å². The van der Waals surface area contributed by atoms with E-state index in [0.29, 0.717) is 24.4 Å². The molecule has 1 aliphatic carbocycles. The van der Waals surface area contributed by atoms with E-state index in [1.807, 2.05) is 13.8 Å². The number of fused-ring (bicyclic) bond motifs is 2. The molecular weight excluding hydrogens is 284 g/mol. The van der Waals surface area contributed by atoms with Gasteiger partial charge in [-0.25, -0.2) is 9.78 Å². The summed E-state index contributed by atoms with van der Waals surface area (Å²) in [6.07, 6.45) is 3.66. The molecule has 2 unspecified atom stereocenters. The predicted molar refractivity (Wildman–Crippen MR) is 78.5 cm³/mol. The largest absolute Gasteiger partial charge is 0.353 e. The zero-order valence-corrected chi connectivity index (χ0v) is 14.0. The molecule has 5 heteroatoms. The van der Waals surface area contributed by atoms with E-state index in [1.54, 1.807) is 0 Å². The summed E-state index contributed by atoms with van der Waals surface area (Å²) in [5.41, 5.74) is -0.472. The molecule has 0 aromatic heterocycles. The molecule has 0 N–H and O–H groups in total. The molecule has 126 valence electrons. The van der Waals surface area contributed by atoms with Crippen molar-refractivity contribution in [2.24, 2.45) is 23.7 Å². The standard InChI is InChI=1S/C17H28O5/c1-5-18-14-11(3)13-7-6-10(2)12-8-9-16(4)20-15(19-14)17(12,13)22-21-16/h10-15H,5-9H2,1-4H3/t10-,11-,12+,13+,14?,15?,16-,17-/m1/s1. The van der Waals surface area contributed by atoms with Gasteiger partial charge in [0.25, 0.3) is 0 Å². The molecule has 0 aromatic carbocycles. The first kappa shape index (κ1) is 15.3. The van der Waals surface area contributed by atoms with E-state index >= 15 is 0 Å². The second kappa shape index (κ2) is 5.15. The third-order valence-electron chi connectivity index (χ3n) is 6.43. The van der Waals surface area contributed by atoms with Crippen LogP contribution in [0.5, 0.6) is 0 Å². The minimum atomic E-state index is -0.700. The Balaban J connectivity index is 1.75. The zero-order chi connectivity index (χ0) is 15.5. The Hall–Kier alpha value is -0.200. The number of hydrogen-bond acceptors (Lipinski definition) is 5. The van der Waals surface area contributed by atoms with Crippen LogP contribution in [0.1, 0.15) is 53.4 Å². The molecule has 4 aliphatic heterocycles. The van der Waals surface area contributed by atoms with Crippen LogP contribution in [0.2, 0.25) is 0 Å². The van der Waals surface area contributed by atoms with E-state index in [4.69, 9.17) is 24.0 Å². The first-order chi connectivity index (χ1) is 10.5. The molecule has 5 rings (SSSR count). The van der Waals surface area contributed by atoms with Crippen molar-refractivity contribution in [1.82, 2.24) is 0 Å². The molecular formula is C17H28O5. The van der Waals surface area contributed by atoms with Crippen LogP contribution in [0.15, 0.2) is 0 Å². The minimum absolute atomic E-state index is 0.216. The first-order valence-corrected chi connectivity index (χ1v) is 8.82. The summed E-state index contributed by atoms with van der Waals surface area (Å²) < 4.78 is 18.3. The average molecular weight is 312 g/mol. The summed E-state index contributed by atoms with van der Waals surface area (Å²) in [6.45, 7) is 9.15. The fraction of sp³-hybridized carbons (Fsp3) is 1.00. The Morgan fingerprint density at radius 3 is 2.68 bits per heavy atom. The van der Waals surface area contributed by atoms with Gasteiger partial charge in [-0.1, -0.05) is 13.8 Å². The van der Waals surface area contributed by atoms with E-state index in [0.717, 1.165) is 19.3 Å². The summed E-state index contributed by atoms with van der Waals surface area (Å²) in [6, 6.07) is 0. The Morgan fingerprint density at radius 2 is 1.91 bits per heavy atom. The third kappa shape index (κ3) is 1.96. The molecule has 0 amide bonds. The molecule has 22 heavy (non-hydrogen) atoms. The van der Waals surface area contributed by atoms with Gasteiger partial charge in [0.15, 0.2) is 18.2 Å². The highest BCUT2D eigenvalue weighted by atomic mass is 17.3. The maximum absolute atomic E-state index is 6.25. The van der Waals surface area contributed by atoms with Gasteiger partial charge in [-0.05, 0) is 44.9 Å². The molecule has 4 heterocycles. The smallest absolute Gasteiger partial charge is 0.201 e. The van der Waals surface area contributed by atoms with E-state index in [2.05, 4.69) is 13.8 Å². The first-order valence-electron chi connectivity index (χ1n) is 8.82. The maximum Gasteiger partial charge on any atom is 0.201 e. The predicted octanol–water partition coefficient (Wildman–Crippen LogP) is 3.23. The number of rotatable bonds is 2. The van der Waals surface area contributed by atoms with Crippen molar-refractivity contribution in [2.75, 3.05) is 6.61 Å². The van der Waals surface area contributed by atoms with Crippen molar-refractivity contribution >= 4 is 0 Å². The van der Waals surface area contributed by atoms with Gasteiger partial charge in [0.2, 0.25) is 5.79 Å². The van der Waals surface area contributed by atoms with Gasteiger partial charge in [-0.2, -0.15) is 0 Å². The SMILES string of the molecule is CCOC1OC2O[C@@]3(C)CC[C@H]4[C@H](C)CC[C@@H]([C@H]1C)[C@@]24OO3. The van der Waals surface area contributed by atoms with Crippen LogP contribution in [-0.2, 0) is 24.0 Å². The van der Waals surface area contributed by atoms with Crippen LogP contribution in [0.25, 0.3) is 0 Å². The van der Waals surface area contributed by atoms with Crippen LogP contribution in [0.3, 0.4) is 0 Å². The Labute approximate surface area is 132 Å². The Morgan fingerprint density at radius 1 is 1.09 bits per heavy atom. The van der Waals surface area contributed by atoms with Gasteiger partial charge in [-0.3, -0.25) is 0 Å². The van der Waals surface area contributed by atoms with Crippen LogP contribution >= 0.6 is 0 Å². The lowest BCUT2D eigenvalue weighted by molar-refractivity contribution is -0.577. The van der Waals surface area contributed by atoms with E-state index < -0.39 is 11.4 Å². The van der Waals surface area contributed by atoms with Gasteiger partial charge >= 0.3 is 0 Å². The lowest BCUT2D eigenvalue weighted by atomic mass is 9.58. The highest BCUT2D eigenvalue weighted by molar-refractivity contribution is 5.09. The molecule has 5 nitrogen and oxygen atoms in total. The second-order valence-electron chi connectivity index (χ2n) is 7.73. The van der Waals surface area contributed by atoms with Crippen LogP contribution in [0, 0.1) is 23.7 Å². The summed E-state index contributed by atoms with van der Waals surface area (Å²) in [7, 11) is 0. The summed E-state index contributed by atoms with van der Waals surface area (Å²) >= 11 is 0. The molecule has 2 bridgehead atoms. The van der Waals surface area contributed by atoms with Crippen molar-refractivity contribution in [1.29, 1.82) is 0 Å². The maximum atomic E-state index is 6.25. The van der Waals surface area contributed by atoms with Crippen LogP contribution < -0.4 is 0 Å². The monoisotopic (exact) mass is 312 g/mol. The zero-order valence-electron chi connectivity index (χ0n) is 14.0. The van der Waals surface area contributed by atoms with Crippen molar-refractivity contribution in [3.05, 3.63) is 0 Å². The lowest BCUT2D eigenvalue weighted by Crippen LogP contribution is -2.70. The number of hydrogen-bond donors (Lipinski definition) is 0. The van der Waals surface area contributed by atoms with Crippen LogP contribution in [0.4, 0.5) is 0 Å². The summed E-state index contributed by atoms with van der Waals surface area (Å²) in [4.78, 5) is 11.9. The average Bonchev–Trinajstić information content (AvgIpc) is 2.71. The normalized spacial score (nSPS) is 57.3. The Kier molecular flexibility index (Phi) is 3.59. The van der Waals surface area contributed by atoms with Gasteiger partial charge in [-0.15, -0.1) is 0 Å². The molecule has 5 aliphatic rings. The summed E-state index contributed by atoms with van der Waals surface area (Å²) in [5.74, 6) is 0.957. The fourth-order valence-electron chi connectivity index (χ4n) is 5.23. The minimum Gasteiger partial charge on any atom is -0.353 e. The Bertz CT molecular complexity index is 443. The van der Waals surface area contributed by atoms with E-state index in [9.17, 15) is 0 Å². The summed E-state index contributed by atoms with van der Waals surface area (Å²) in [5, 5.41) is 0. The second-order valence-corrected chi connectivity index (χ2v) is 7.73. The van der Waals surface area contributed by atoms with Gasteiger partial charge in [0.1, 0.15) is 0 Å². The van der Waals surface area contributed by atoms with Crippen molar-refractivity contribution in [3.63, 3.8) is 0 Å². The molecule has 8 atom stereocenters. The fourth-order valence-corrected chi connectivity index (χ4v) is 5.23. The quantitative estimate of drug-likeness (QED) is 0.733. The van der Waals surface area contributed by atoms with E-state index in [1.165, 1.54) is 6.42 Å².